The van der Waals surface area contributed by atoms with Crippen LogP contribution in [-0.2, 0) is 14.8 Å². The van der Waals surface area contributed by atoms with E-state index in [1.807, 2.05) is 19.1 Å². The summed E-state index contributed by atoms with van der Waals surface area (Å²) in [5, 5.41) is 22.7. The van der Waals surface area contributed by atoms with Crippen LogP contribution in [0.4, 0.5) is 17.1 Å². The molecule has 0 atom stereocenters. The van der Waals surface area contributed by atoms with Gasteiger partial charge in [0.05, 0.1) is 21.0 Å². The van der Waals surface area contributed by atoms with Crippen molar-refractivity contribution in [2.45, 2.75) is 18.2 Å². The lowest BCUT2D eigenvalue weighted by atomic mass is 10.1. The molecule has 0 unspecified atom stereocenters. The molecule has 0 aliphatic rings. The Morgan fingerprint density at radius 3 is 2.63 bits per heavy atom. The number of carbonyl (C=O) groups excluding carboxylic acids is 1. The molecule has 0 fully saturated rings. The Bertz CT molecular complexity index is 1240. The van der Waals surface area contributed by atoms with Crippen LogP contribution < -0.4 is 15.8 Å². The van der Waals surface area contributed by atoms with E-state index in [0.29, 0.717) is 5.69 Å². The number of hydrogen-bond acceptors (Lipinski definition) is 7. The maximum Gasteiger partial charge on any atom is 0.293 e. The van der Waals surface area contributed by atoms with E-state index in [0.717, 1.165) is 28.6 Å². The second kappa shape index (κ2) is 8.43. The highest BCUT2D eigenvalue weighted by atomic mass is 32.2. The predicted octanol–water partition coefficient (Wildman–Crippen LogP) is 2.54. The summed E-state index contributed by atoms with van der Waals surface area (Å²) in [7, 11) is -4.07. The number of nitro benzene ring substituents is 1. The fraction of sp³-hybridized carbons (Fsp3) is 0.158. The first-order valence-electron chi connectivity index (χ1n) is 8.86. The third kappa shape index (κ3) is 4.70. The second-order valence-electron chi connectivity index (χ2n) is 6.54. The van der Waals surface area contributed by atoms with E-state index in [1.54, 1.807) is 18.3 Å². The SMILES string of the molecule is Cc1ccc(NC(=O)CCNc2ccc(S(N)(=O)=O)cc2[N+](=O)[O-])c2cccnc12. The number of aryl methyl sites for hydroxylation is 1. The number of nitrogens with two attached hydrogens (primary N) is 1. The van der Waals surface area contributed by atoms with Gasteiger partial charge in [0.1, 0.15) is 5.69 Å². The van der Waals surface area contributed by atoms with Crippen molar-refractivity contribution in [2.24, 2.45) is 5.14 Å². The second-order valence-corrected chi connectivity index (χ2v) is 8.10. The molecular weight excluding hydrogens is 410 g/mol. The number of nitro groups is 1. The van der Waals surface area contributed by atoms with Gasteiger partial charge in [-0.1, -0.05) is 6.07 Å². The van der Waals surface area contributed by atoms with Crippen LogP contribution in [0.25, 0.3) is 10.9 Å². The Morgan fingerprint density at radius 2 is 1.93 bits per heavy atom. The molecular formula is C19H19N5O5S. The number of carbonyl (C=O) groups is 1. The zero-order valence-electron chi connectivity index (χ0n) is 16.0. The van der Waals surface area contributed by atoms with Gasteiger partial charge in [-0.25, -0.2) is 13.6 Å². The first kappa shape index (κ1) is 21.1. The first-order valence-corrected chi connectivity index (χ1v) is 10.4. The highest BCUT2D eigenvalue weighted by Crippen LogP contribution is 2.27. The standard InChI is InChI=1S/C19H19N5O5S/c1-12-4-6-15(14-3-2-9-22-19(12)14)23-18(25)8-10-21-16-7-5-13(30(20,28)29)11-17(16)24(26)27/h2-7,9,11,21H,8,10H2,1H3,(H,23,25)(H2,20,28,29). The van der Waals surface area contributed by atoms with Crippen molar-refractivity contribution in [3.8, 4) is 0 Å². The molecule has 0 aliphatic heterocycles. The molecule has 4 N–H and O–H groups in total. The van der Waals surface area contributed by atoms with Crippen LogP contribution in [0.2, 0.25) is 0 Å². The minimum Gasteiger partial charge on any atom is -0.379 e. The molecule has 0 saturated heterocycles. The first-order chi connectivity index (χ1) is 14.2. The maximum absolute atomic E-state index is 12.3. The summed E-state index contributed by atoms with van der Waals surface area (Å²) in [6.45, 7) is 2.03. The van der Waals surface area contributed by atoms with Crippen molar-refractivity contribution < 1.29 is 18.1 Å². The molecule has 2 aromatic carbocycles. The number of pyridine rings is 1. The number of hydrogen-bond donors (Lipinski definition) is 3. The van der Waals surface area contributed by atoms with Crippen LogP contribution in [0.15, 0.2) is 53.6 Å². The van der Waals surface area contributed by atoms with Crippen molar-refractivity contribution in [2.75, 3.05) is 17.2 Å². The number of amides is 1. The van der Waals surface area contributed by atoms with Gasteiger partial charge in [-0.15, -0.1) is 0 Å². The Hall–Kier alpha value is -3.57. The smallest absolute Gasteiger partial charge is 0.293 e. The van der Waals surface area contributed by atoms with Gasteiger partial charge in [0.25, 0.3) is 5.69 Å². The highest BCUT2D eigenvalue weighted by molar-refractivity contribution is 7.89. The summed E-state index contributed by atoms with van der Waals surface area (Å²) < 4.78 is 22.8. The van der Waals surface area contributed by atoms with E-state index < -0.39 is 20.6 Å². The predicted molar refractivity (Wildman–Crippen MR) is 113 cm³/mol. The third-order valence-electron chi connectivity index (χ3n) is 4.41. The summed E-state index contributed by atoms with van der Waals surface area (Å²) in [5.74, 6) is -0.291. The molecule has 30 heavy (non-hydrogen) atoms. The summed E-state index contributed by atoms with van der Waals surface area (Å²) in [6.07, 6.45) is 1.71. The van der Waals surface area contributed by atoms with Gasteiger partial charge >= 0.3 is 0 Å². The van der Waals surface area contributed by atoms with Crippen LogP contribution in [-0.4, -0.2) is 30.8 Å². The molecule has 1 aromatic heterocycles. The van der Waals surface area contributed by atoms with Crippen LogP contribution in [0.5, 0.6) is 0 Å². The largest absolute Gasteiger partial charge is 0.379 e. The van der Waals surface area contributed by atoms with E-state index in [9.17, 15) is 23.3 Å². The van der Waals surface area contributed by atoms with Gasteiger partial charge in [0, 0.05) is 30.6 Å². The molecule has 0 saturated carbocycles. The number of fused-ring (bicyclic) bond motifs is 1. The van der Waals surface area contributed by atoms with E-state index in [-0.39, 0.29) is 29.5 Å². The molecule has 10 nitrogen and oxygen atoms in total. The lowest BCUT2D eigenvalue weighted by Crippen LogP contribution is -2.17. The number of rotatable bonds is 7. The van der Waals surface area contributed by atoms with E-state index in [4.69, 9.17) is 5.14 Å². The summed E-state index contributed by atoms with van der Waals surface area (Å²) in [6, 6.07) is 10.6. The van der Waals surface area contributed by atoms with Gasteiger partial charge in [-0.3, -0.25) is 19.9 Å². The molecule has 0 aliphatic carbocycles. The zero-order chi connectivity index (χ0) is 21.9. The quantitative estimate of drug-likeness (QED) is 0.384. The van der Waals surface area contributed by atoms with Gasteiger partial charge < -0.3 is 10.6 Å². The molecule has 3 aromatic rings. The molecule has 0 radical (unpaired) electrons. The minimum atomic E-state index is -4.07. The highest BCUT2D eigenvalue weighted by Gasteiger charge is 2.19. The lowest BCUT2D eigenvalue weighted by Gasteiger charge is -2.11. The normalized spacial score (nSPS) is 11.3. The van der Waals surface area contributed by atoms with Gasteiger partial charge in [0.2, 0.25) is 15.9 Å². The monoisotopic (exact) mass is 429 g/mol. The number of nitrogens with one attached hydrogen (secondary N) is 2. The van der Waals surface area contributed by atoms with Crippen molar-refractivity contribution in [1.82, 2.24) is 4.98 Å². The van der Waals surface area contributed by atoms with Crippen molar-refractivity contribution in [3.05, 3.63) is 64.3 Å². The van der Waals surface area contributed by atoms with Crippen LogP contribution in [0, 0.1) is 17.0 Å². The summed E-state index contributed by atoms with van der Waals surface area (Å²) in [5.41, 5.74) is 2.04. The molecule has 0 bridgehead atoms. The van der Waals surface area contributed by atoms with Gasteiger partial charge in [0.15, 0.2) is 0 Å². The van der Waals surface area contributed by atoms with Gasteiger partial charge in [-0.05, 0) is 42.8 Å². The average Bonchev–Trinajstić information content (AvgIpc) is 2.69. The Morgan fingerprint density at radius 1 is 1.20 bits per heavy atom. The lowest BCUT2D eigenvalue weighted by molar-refractivity contribution is -0.384. The third-order valence-corrected chi connectivity index (χ3v) is 5.32. The number of benzene rings is 2. The number of anilines is 2. The molecule has 3 rings (SSSR count). The number of aromatic nitrogens is 1. The number of sulfonamides is 1. The molecule has 0 spiro atoms. The van der Waals surface area contributed by atoms with Crippen LogP contribution >= 0.6 is 0 Å². The molecule has 1 heterocycles. The Balaban J connectivity index is 1.68. The van der Waals surface area contributed by atoms with Crippen molar-refractivity contribution in [3.63, 3.8) is 0 Å². The fourth-order valence-corrected chi connectivity index (χ4v) is 3.47. The summed E-state index contributed by atoms with van der Waals surface area (Å²) in [4.78, 5) is 26.8. The van der Waals surface area contributed by atoms with Crippen LogP contribution in [0.3, 0.4) is 0 Å². The van der Waals surface area contributed by atoms with Crippen LogP contribution in [0.1, 0.15) is 12.0 Å². The molecule has 11 heteroatoms. The number of nitrogens with zero attached hydrogens (tertiary/aromatic N) is 2. The minimum absolute atomic E-state index is 0.0315. The van der Waals surface area contributed by atoms with Crippen molar-refractivity contribution in [1.29, 1.82) is 0 Å². The van der Waals surface area contributed by atoms with E-state index >= 15 is 0 Å². The van der Waals surface area contributed by atoms with Gasteiger partial charge in [-0.2, -0.15) is 0 Å². The maximum atomic E-state index is 12.3. The van der Waals surface area contributed by atoms with E-state index in [1.165, 1.54) is 6.07 Å². The fourth-order valence-electron chi connectivity index (χ4n) is 2.94. The van der Waals surface area contributed by atoms with Crippen molar-refractivity contribution >= 4 is 43.9 Å². The topological polar surface area (TPSA) is 157 Å². The Kier molecular flexibility index (Phi) is 5.94. The summed E-state index contributed by atoms with van der Waals surface area (Å²) >= 11 is 0. The Labute approximate surface area is 172 Å². The number of primary sulfonamides is 1. The zero-order valence-corrected chi connectivity index (χ0v) is 16.8. The molecule has 1 amide bonds. The molecule has 156 valence electrons. The van der Waals surface area contributed by atoms with E-state index in [2.05, 4.69) is 15.6 Å². The average molecular weight is 429 g/mol.